The van der Waals surface area contributed by atoms with E-state index in [0.29, 0.717) is 88.8 Å². The van der Waals surface area contributed by atoms with Crippen LogP contribution in [0.1, 0.15) is 116 Å². The van der Waals surface area contributed by atoms with Gasteiger partial charge >= 0.3 is 0 Å². The summed E-state index contributed by atoms with van der Waals surface area (Å²) in [7, 11) is 16.6. The SMILES string of the molecule is COc1cc(Cl)cc(C(=O)Nc2ccc(Cl)cn2)c1NC(=O)c1ccc(C(=N)N(C)C)cc1.COc1ccc(NC(=O)c2ccc(C(=N)N(C)C)cc2F)c(C(=O)Nc2ccc(Cl)cn2)c1.Cc1ccc(NC(=O)c2ccc(C(=N)N(C)C)cc2)c(C(=O)Nc2ccc(Br)cn2)c1.Cc1ccc(NC(=O)c2ccc(C(=N)N(C)C)cc2F)c(C(=O)Nc2ccc(Cl)cn2)c1. The highest BCUT2D eigenvalue weighted by Gasteiger charge is 2.26. The number of halogens is 7. The van der Waals surface area contributed by atoms with Gasteiger partial charge < -0.3 is 71.6 Å². The molecular weight excluding hydrogens is 1800 g/mol. The Labute approximate surface area is 769 Å². The van der Waals surface area contributed by atoms with E-state index in [-0.39, 0.29) is 90.8 Å². The fourth-order valence-electron chi connectivity index (χ4n) is 11.5. The molecule has 4 heterocycles. The number of rotatable bonds is 22. The first kappa shape index (κ1) is 97.9. The summed E-state index contributed by atoms with van der Waals surface area (Å²) in [5, 5.41) is 54.8. The molecule has 0 aliphatic carbocycles. The van der Waals surface area contributed by atoms with Gasteiger partial charge in [0.15, 0.2) is 0 Å². The van der Waals surface area contributed by atoms with E-state index in [0.717, 1.165) is 27.7 Å². The van der Waals surface area contributed by atoms with Gasteiger partial charge in [-0.3, -0.25) is 60.0 Å². The van der Waals surface area contributed by atoms with Crippen LogP contribution in [0.5, 0.6) is 11.5 Å². The topological polar surface area (TPSA) is 411 Å². The molecule has 8 aromatic carbocycles. The number of benzene rings is 8. The first-order chi connectivity index (χ1) is 61.3. The van der Waals surface area contributed by atoms with Crippen molar-refractivity contribution >= 4 is 179 Å². The third-order valence-corrected chi connectivity index (χ3v) is 19.7. The number of amides is 8. The minimum Gasteiger partial charge on any atom is -0.497 e. The number of nitrogens with one attached hydrogen (secondary N) is 12. The van der Waals surface area contributed by atoms with Crippen molar-refractivity contribution in [3.63, 3.8) is 0 Å². The second-order valence-electron chi connectivity index (χ2n) is 28.6. The lowest BCUT2D eigenvalue weighted by Crippen LogP contribution is -2.23. The molecular formula is C92H85BrCl4F2N20O10. The Morgan fingerprint density at radius 2 is 0.636 bits per heavy atom. The Morgan fingerprint density at radius 1 is 0.318 bits per heavy atom. The maximum absolute atomic E-state index is 14.6. The van der Waals surface area contributed by atoms with E-state index >= 15 is 0 Å². The molecule has 0 fully saturated rings. The Bertz CT molecular complexity index is 6240. The number of carbonyl (C=O) groups is 8. The number of anilines is 8. The molecule has 0 radical (unpaired) electrons. The van der Waals surface area contributed by atoms with Crippen molar-refractivity contribution in [3.05, 3.63) is 339 Å². The van der Waals surface area contributed by atoms with Gasteiger partial charge in [-0.1, -0.05) is 106 Å². The Kier molecular flexibility index (Phi) is 34.4. The van der Waals surface area contributed by atoms with Crippen LogP contribution in [0.15, 0.2) is 229 Å². The van der Waals surface area contributed by atoms with Crippen LogP contribution in [0, 0.1) is 47.1 Å². The van der Waals surface area contributed by atoms with Gasteiger partial charge in [0.1, 0.15) is 69.7 Å². The summed E-state index contributed by atoms with van der Waals surface area (Å²) in [6.45, 7) is 3.68. The van der Waals surface area contributed by atoms with Gasteiger partial charge in [0.25, 0.3) is 47.3 Å². The monoisotopic (exact) mass is 1890 g/mol. The van der Waals surface area contributed by atoms with Crippen molar-refractivity contribution < 1.29 is 56.6 Å². The molecule has 30 nitrogen and oxygen atoms in total. The highest BCUT2D eigenvalue weighted by Crippen LogP contribution is 2.35. The second kappa shape index (κ2) is 45.3. The van der Waals surface area contributed by atoms with Crippen LogP contribution >= 0.6 is 62.3 Å². The Morgan fingerprint density at radius 3 is 0.977 bits per heavy atom. The molecule has 37 heteroatoms. The molecule has 12 rings (SSSR count). The molecule has 0 unspecified atom stereocenters. The molecule has 12 aromatic rings. The van der Waals surface area contributed by atoms with Crippen LogP contribution in [0.4, 0.5) is 54.8 Å². The van der Waals surface area contributed by atoms with Gasteiger partial charge in [-0.05, 0) is 175 Å². The maximum atomic E-state index is 14.6. The van der Waals surface area contributed by atoms with Gasteiger partial charge in [0.2, 0.25) is 0 Å². The number of carbonyl (C=O) groups excluding carboxylic acids is 8. The van der Waals surface area contributed by atoms with Crippen molar-refractivity contribution in [2.45, 2.75) is 13.8 Å². The third-order valence-electron chi connectivity index (χ3n) is 18.3. The molecule has 0 aliphatic heterocycles. The van der Waals surface area contributed by atoms with Gasteiger partial charge in [0.05, 0.1) is 85.4 Å². The van der Waals surface area contributed by atoms with Gasteiger partial charge in [-0.25, -0.2) is 28.7 Å². The summed E-state index contributed by atoms with van der Waals surface area (Å²) in [6.07, 6.45) is 5.78. The lowest BCUT2D eigenvalue weighted by atomic mass is 10.1. The van der Waals surface area contributed by atoms with E-state index in [9.17, 15) is 47.1 Å². The first-order valence-corrected chi connectivity index (χ1v) is 40.7. The molecule has 8 amide bonds. The van der Waals surface area contributed by atoms with Gasteiger partial charge in [0, 0.05) is 130 Å². The fourth-order valence-corrected chi connectivity index (χ4v) is 12.3. The van der Waals surface area contributed by atoms with Gasteiger partial charge in [-0.2, -0.15) is 0 Å². The molecule has 0 saturated heterocycles. The lowest BCUT2D eigenvalue weighted by molar-refractivity contribution is 0.100. The van der Waals surface area contributed by atoms with Crippen molar-refractivity contribution in [2.75, 3.05) is 113 Å². The van der Waals surface area contributed by atoms with Crippen LogP contribution in [0.25, 0.3) is 0 Å². The van der Waals surface area contributed by atoms with Crippen LogP contribution < -0.4 is 52.0 Å². The number of aryl methyl sites for hydroxylation is 2. The van der Waals surface area contributed by atoms with Crippen molar-refractivity contribution in [3.8, 4) is 11.5 Å². The lowest BCUT2D eigenvalue weighted by Gasteiger charge is -2.16. The zero-order chi connectivity index (χ0) is 94.2. The zero-order valence-electron chi connectivity index (χ0n) is 71.2. The summed E-state index contributed by atoms with van der Waals surface area (Å²) in [5.74, 6) is -3.07. The van der Waals surface area contributed by atoms with Crippen LogP contribution in [-0.4, -0.2) is 181 Å². The predicted octanol–water partition coefficient (Wildman–Crippen LogP) is 18.2. The summed E-state index contributed by atoms with van der Waals surface area (Å²) >= 11 is 26.9. The summed E-state index contributed by atoms with van der Waals surface area (Å²) < 4.78 is 40.6. The number of hydrogen-bond donors (Lipinski definition) is 12. The molecule has 4 aromatic heterocycles. The zero-order valence-corrected chi connectivity index (χ0v) is 75.8. The first-order valence-electron chi connectivity index (χ1n) is 38.4. The van der Waals surface area contributed by atoms with Crippen molar-refractivity contribution in [1.29, 1.82) is 21.6 Å². The highest BCUT2D eigenvalue weighted by molar-refractivity contribution is 9.10. The van der Waals surface area contributed by atoms with Crippen molar-refractivity contribution in [1.82, 2.24) is 39.5 Å². The number of amidine groups is 4. The smallest absolute Gasteiger partial charge is 0.259 e. The maximum Gasteiger partial charge on any atom is 0.259 e. The van der Waals surface area contributed by atoms with Gasteiger partial charge in [-0.15, -0.1) is 0 Å². The second-order valence-corrected chi connectivity index (χ2v) is 31.3. The molecule has 129 heavy (non-hydrogen) atoms. The molecule has 0 spiro atoms. The number of ether oxygens (including phenoxy) is 2. The number of methoxy groups -OCH3 is 2. The standard InChI is InChI=1S/C23H22BrN5O2.C23H21Cl2N5O3.C23H21ClFN5O3.C23H21ClFN5O2/c1-14-4-10-19(18(12-14)23(31)28-20-11-9-17(24)13-26-20)27-22(30)16-7-5-15(6-8-16)21(25)29(2)3;1-30(2)21(26)13-4-6-14(7-5-13)22(31)29-20-17(10-16(25)11-18(20)33-3)23(32)28-19-9-8-15(24)12-27-19;1-30(2)21(26)13-4-7-16(18(25)10-13)22(31)28-19-8-6-15(33-3)11-17(19)23(32)29-20-9-5-14(24)12-27-20;1-13-4-8-19(17(10-13)23(32)29-20-9-6-15(24)12-27-20)28-22(31)16-7-5-14(11-18(16)25)21(26)30(2)3/h4-13,25H,1-3H3,(H,27,30)(H,26,28,31);4-12,26H,1-3H3,(H,29,31)(H,27,28,32);4-12,26H,1-3H3,(H,28,31)(H,27,29,32);4-12,26H,1-3H3,(H,28,31)(H,27,29,32). The fraction of sp³-hybridized carbons (Fsp3) is 0.130. The van der Waals surface area contributed by atoms with Crippen LogP contribution in [0.3, 0.4) is 0 Å². The van der Waals surface area contributed by atoms with E-state index in [1.807, 2.05) is 13.0 Å². The number of nitrogens with zero attached hydrogens (tertiary/aromatic N) is 8. The highest BCUT2D eigenvalue weighted by atomic mass is 79.9. The van der Waals surface area contributed by atoms with E-state index in [1.54, 1.807) is 207 Å². The van der Waals surface area contributed by atoms with Crippen molar-refractivity contribution in [2.24, 2.45) is 0 Å². The Hall–Kier alpha value is -14.9. The van der Waals surface area contributed by atoms with Crippen LogP contribution in [0.2, 0.25) is 20.1 Å². The Balaban J connectivity index is 0.000000194. The predicted molar refractivity (Wildman–Crippen MR) is 504 cm³/mol. The molecule has 0 bridgehead atoms. The summed E-state index contributed by atoms with van der Waals surface area (Å²) in [4.78, 5) is 125. The quantitative estimate of drug-likeness (QED) is 0.0221. The normalized spacial score (nSPS) is 10.3. The van der Waals surface area contributed by atoms with E-state index < -0.39 is 47.1 Å². The number of hydrogen-bond acceptors (Lipinski definition) is 18. The third kappa shape index (κ3) is 27.3. The van der Waals surface area contributed by atoms with E-state index in [4.69, 9.17) is 77.5 Å². The number of pyridine rings is 4. The molecule has 0 saturated carbocycles. The summed E-state index contributed by atoms with van der Waals surface area (Å²) in [5.41, 5.74) is 5.70. The van der Waals surface area contributed by atoms with E-state index in [1.165, 1.54) is 97.2 Å². The average Bonchev–Trinajstić information content (AvgIpc) is 0.836. The minimum atomic E-state index is -0.790. The molecule has 0 aliphatic rings. The van der Waals surface area contributed by atoms with Crippen LogP contribution in [-0.2, 0) is 0 Å². The summed E-state index contributed by atoms with van der Waals surface area (Å²) in [6, 6.07) is 51.5. The molecule has 662 valence electrons. The average molecular weight is 1890 g/mol. The number of aromatic nitrogens is 4. The molecule has 0 atom stereocenters. The van der Waals surface area contributed by atoms with E-state index in [2.05, 4.69) is 78.4 Å². The molecule has 12 N–H and O–H groups in total. The minimum absolute atomic E-state index is 0.0888. The largest absolute Gasteiger partial charge is 0.497 e.